The van der Waals surface area contributed by atoms with Crippen LogP contribution in [0.1, 0.15) is 25.0 Å². The van der Waals surface area contributed by atoms with Crippen molar-refractivity contribution in [3.05, 3.63) is 34.5 Å². The van der Waals surface area contributed by atoms with Crippen LogP contribution >= 0.6 is 0 Å². The van der Waals surface area contributed by atoms with Crippen LogP contribution in [0.4, 0.5) is 0 Å². The summed E-state index contributed by atoms with van der Waals surface area (Å²) in [5.74, 6) is 0. The number of hydrogen-bond donors (Lipinski definition) is 1. The summed E-state index contributed by atoms with van der Waals surface area (Å²) >= 11 is 0. The normalized spacial score (nSPS) is 16.2. The summed E-state index contributed by atoms with van der Waals surface area (Å²) in [7, 11) is 0. The van der Waals surface area contributed by atoms with Gasteiger partial charge in [0.1, 0.15) is 0 Å². The van der Waals surface area contributed by atoms with Crippen molar-refractivity contribution in [1.82, 2.24) is 9.97 Å². The van der Waals surface area contributed by atoms with Gasteiger partial charge in [0.05, 0.1) is 11.9 Å². The van der Waals surface area contributed by atoms with Crippen LogP contribution in [0.25, 0.3) is 5.57 Å². The minimum Gasteiger partial charge on any atom is -0.326 e. The molecule has 0 aliphatic heterocycles. The van der Waals surface area contributed by atoms with E-state index in [-0.39, 0.29) is 5.56 Å². The van der Waals surface area contributed by atoms with Crippen LogP contribution in [0.5, 0.6) is 0 Å². The lowest BCUT2D eigenvalue weighted by atomic mass is 10.2. The van der Waals surface area contributed by atoms with Crippen LogP contribution in [0.15, 0.2) is 23.3 Å². The number of nitrogens with zero attached hydrogens (tertiary/aromatic N) is 1. The number of hydrogen-bond acceptors (Lipinski definition) is 2. The highest BCUT2D eigenvalue weighted by Crippen LogP contribution is 2.24. The highest BCUT2D eigenvalue weighted by atomic mass is 16.1. The lowest BCUT2D eigenvalue weighted by molar-refractivity contribution is 0.931. The molecule has 0 radical (unpaired) electrons. The van der Waals surface area contributed by atoms with Crippen molar-refractivity contribution in [2.75, 3.05) is 0 Å². The Bertz CT molecular complexity index is 345. The first-order chi connectivity index (χ1) is 5.86. The Labute approximate surface area is 70.2 Å². The average molecular weight is 162 g/mol. The number of aromatic nitrogens is 2. The summed E-state index contributed by atoms with van der Waals surface area (Å²) < 4.78 is 0. The maximum absolute atomic E-state index is 10.7. The van der Waals surface area contributed by atoms with E-state index in [0.29, 0.717) is 0 Å². The zero-order valence-corrected chi connectivity index (χ0v) is 6.71. The minimum absolute atomic E-state index is 0.141. The largest absolute Gasteiger partial charge is 0.326 e. The van der Waals surface area contributed by atoms with E-state index in [1.54, 1.807) is 6.20 Å². The van der Waals surface area contributed by atoms with Gasteiger partial charge in [-0.3, -0.25) is 4.79 Å². The fourth-order valence-electron chi connectivity index (χ4n) is 1.42. The van der Waals surface area contributed by atoms with E-state index in [1.165, 1.54) is 18.2 Å². The summed E-state index contributed by atoms with van der Waals surface area (Å²) in [6.07, 6.45) is 8.61. The van der Waals surface area contributed by atoms with Crippen LogP contribution in [0.2, 0.25) is 0 Å². The molecule has 1 aromatic rings. The summed E-state index contributed by atoms with van der Waals surface area (Å²) in [6.45, 7) is 0. The van der Waals surface area contributed by atoms with Crippen molar-refractivity contribution in [3.8, 4) is 0 Å². The van der Waals surface area contributed by atoms with Gasteiger partial charge >= 0.3 is 0 Å². The van der Waals surface area contributed by atoms with E-state index < -0.39 is 0 Å². The monoisotopic (exact) mass is 162 g/mol. The van der Waals surface area contributed by atoms with Crippen LogP contribution < -0.4 is 5.56 Å². The Balaban J connectivity index is 2.34. The maximum atomic E-state index is 10.7. The number of rotatable bonds is 1. The number of allylic oxidation sites excluding steroid dienone is 2. The molecule has 1 aliphatic carbocycles. The fraction of sp³-hybridized carbons (Fsp3) is 0.333. The molecule has 0 saturated carbocycles. The molecular formula is C9H10N2O. The van der Waals surface area contributed by atoms with E-state index in [2.05, 4.69) is 16.0 Å². The van der Waals surface area contributed by atoms with Crippen molar-refractivity contribution in [1.29, 1.82) is 0 Å². The number of nitrogens with one attached hydrogen (secondary N) is 1. The van der Waals surface area contributed by atoms with Crippen molar-refractivity contribution in [2.24, 2.45) is 0 Å². The zero-order chi connectivity index (χ0) is 8.39. The predicted molar refractivity (Wildman–Crippen MR) is 46.7 cm³/mol. The Kier molecular flexibility index (Phi) is 1.78. The maximum Gasteiger partial charge on any atom is 0.266 e. The SMILES string of the molecule is O=c1cnc(C2=CCCC2)c[nH]1. The van der Waals surface area contributed by atoms with Gasteiger partial charge in [-0.15, -0.1) is 0 Å². The van der Waals surface area contributed by atoms with Gasteiger partial charge in [-0.1, -0.05) is 6.08 Å². The first-order valence-electron chi connectivity index (χ1n) is 4.10. The van der Waals surface area contributed by atoms with E-state index in [4.69, 9.17) is 0 Å². The summed E-state index contributed by atoms with van der Waals surface area (Å²) in [5, 5.41) is 0. The fourth-order valence-corrected chi connectivity index (χ4v) is 1.42. The molecule has 1 heterocycles. The van der Waals surface area contributed by atoms with Crippen molar-refractivity contribution in [3.63, 3.8) is 0 Å². The van der Waals surface area contributed by atoms with E-state index in [0.717, 1.165) is 18.5 Å². The van der Waals surface area contributed by atoms with Gasteiger partial charge in [0.2, 0.25) is 0 Å². The average Bonchev–Trinajstić information content (AvgIpc) is 2.58. The van der Waals surface area contributed by atoms with Gasteiger partial charge < -0.3 is 4.98 Å². The Morgan fingerprint density at radius 2 is 2.42 bits per heavy atom. The summed E-state index contributed by atoms with van der Waals surface area (Å²) in [4.78, 5) is 17.4. The van der Waals surface area contributed by atoms with Crippen molar-refractivity contribution < 1.29 is 0 Å². The second kappa shape index (κ2) is 2.93. The Morgan fingerprint density at radius 1 is 1.50 bits per heavy atom. The molecule has 1 aromatic heterocycles. The zero-order valence-electron chi connectivity index (χ0n) is 6.71. The van der Waals surface area contributed by atoms with Crippen LogP contribution in [0.3, 0.4) is 0 Å². The van der Waals surface area contributed by atoms with Crippen LogP contribution in [0, 0.1) is 0 Å². The molecule has 0 amide bonds. The van der Waals surface area contributed by atoms with Crippen LogP contribution in [-0.2, 0) is 0 Å². The number of H-pyrrole nitrogens is 1. The third-order valence-corrected chi connectivity index (χ3v) is 2.04. The second-order valence-electron chi connectivity index (χ2n) is 2.92. The first-order valence-corrected chi connectivity index (χ1v) is 4.10. The number of aromatic amines is 1. The van der Waals surface area contributed by atoms with E-state index >= 15 is 0 Å². The third kappa shape index (κ3) is 1.30. The van der Waals surface area contributed by atoms with Gasteiger partial charge in [0, 0.05) is 6.20 Å². The quantitative estimate of drug-likeness (QED) is 0.677. The Hall–Kier alpha value is -1.38. The Morgan fingerprint density at radius 3 is 3.00 bits per heavy atom. The smallest absolute Gasteiger partial charge is 0.266 e. The minimum atomic E-state index is -0.141. The van der Waals surface area contributed by atoms with Gasteiger partial charge in [0.25, 0.3) is 5.56 Å². The topological polar surface area (TPSA) is 45.8 Å². The molecule has 0 saturated heterocycles. The molecule has 1 N–H and O–H groups in total. The predicted octanol–water partition coefficient (Wildman–Crippen LogP) is 1.34. The highest BCUT2D eigenvalue weighted by molar-refractivity contribution is 5.63. The van der Waals surface area contributed by atoms with E-state index in [9.17, 15) is 4.79 Å². The molecule has 0 unspecified atom stereocenters. The molecule has 0 aromatic carbocycles. The van der Waals surface area contributed by atoms with Crippen LogP contribution in [-0.4, -0.2) is 9.97 Å². The van der Waals surface area contributed by atoms with E-state index in [1.807, 2.05) is 0 Å². The second-order valence-corrected chi connectivity index (χ2v) is 2.92. The molecule has 1 aliphatic rings. The highest BCUT2D eigenvalue weighted by Gasteiger charge is 2.07. The molecule has 2 rings (SSSR count). The van der Waals surface area contributed by atoms with Gasteiger partial charge in [-0.05, 0) is 24.8 Å². The standard InChI is InChI=1S/C9H10N2O/c12-9-6-10-8(5-11-9)7-3-1-2-4-7/h3,5-6H,1-2,4H2,(H,11,12). The molecule has 3 nitrogen and oxygen atoms in total. The molecule has 62 valence electrons. The van der Waals surface area contributed by atoms with Gasteiger partial charge in [-0.25, -0.2) is 4.98 Å². The molecule has 0 fully saturated rings. The summed E-state index contributed by atoms with van der Waals surface area (Å²) in [6, 6.07) is 0. The van der Waals surface area contributed by atoms with Gasteiger partial charge in [0.15, 0.2) is 0 Å². The van der Waals surface area contributed by atoms with Crippen molar-refractivity contribution >= 4 is 5.57 Å². The third-order valence-electron chi connectivity index (χ3n) is 2.04. The van der Waals surface area contributed by atoms with Gasteiger partial charge in [-0.2, -0.15) is 0 Å². The first kappa shape index (κ1) is 7.28. The lowest BCUT2D eigenvalue weighted by Gasteiger charge is -1.97. The molecule has 3 heteroatoms. The molecule has 12 heavy (non-hydrogen) atoms. The molecule has 0 spiro atoms. The van der Waals surface area contributed by atoms with Crippen molar-refractivity contribution in [2.45, 2.75) is 19.3 Å². The lowest BCUT2D eigenvalue weighted by Crippen LogP contribution is -2.05. The molecule has 0 bridgehead atoms. The molecular weight excluding hydrogens is 152 g/mol. The molecule has 0 atom stereocenters. The summed E-state index contributed by atoms with van der Waals surface area (Å²) in [5.41, 5.74) is 2.02.